The summed E-state index contributed by atoms with van der Waals surface area (Å²) < 4.78 is 5.11. The minimum atomic E-state index is -0.444. The molecule has 120 valence electrons. The lowest BCUT2D eigenvalue weighted by Gasteiger charge is -2.19. The quantitative estimate of drug-likeness (QED) is 0.622. The van der Waals surface area contributed by atoms with E-state index in [9.17, 15) is 14.9 Å². The van der Waals surface area contributed by atoms with E-state index >= 15 is 0 Å². The van der Waals surface area contributed by atoms with Crippen LogP contribution < -0.4 is 10.1 Å². The van der Waals surface area contributed by atoms with Crippen LogP contribution in [0.2, 0.25) is 0 Å². The van der Waals surface area contributed by atoms with Gasteiger partial charge in [0.25, 0.3) is 5.69 Å². The number of carbonyl (C=O) groups excluding carboxylic acids is 1. The molecule has 0 aliphatic rings. The van der Waals surface area contributed by atoms with E-state index in [1.54, 1.807) is 19.2 Å². The predicted molar refractivity (Wildman–Crippen MR) is 87.8 cm³/mol. The third-order valence-corrected chi connectivity index (χ3v) is 3.43. The number of methoxy groups -OCH3 is 1. The molecule has 0 saturated heterocycles. The zero-order valence-corrected chi connectivity index (χ0v) is 13.0. The molecule has 0 heterocycles. The maximum Gasteiger partial charge on any atom is 0.269 e. The van der Waals surface area contributed by atoms with Crippen LogP contribution in [-0.4, -0.2) is 17.8 Å². The van der Waals surface area contributed by atoms with Crippen LogP contribution >= 0.6 is 0 Å². The van der Waals surface area contributed by atoms with Crippen molar-refractivity contribution in [3.8, 4) is 5.75 Å². The minimum absolute atomic E-state index is 0.0276. The van der Waals surface area contributed by atoms with Gasteiger partial charge in [0.2, 0.25) is 0 Å². The highest BCUT2D eigenvalue weighted by Gasteiger charge is 2.15. The summed E-state index contributed by atoms with van der Waals surface area (Å²) >= 11 is 0. The molecule has 6 nitrogen and oxygen atoms in total. The molecule has 1 N–H and O–H groups in total. The minimum Gasteiger partial charge on any atom is -0.497 e. The first-order valence-electron chi connectivity index (χ1n) is 7.14. The van der Waals surface area contributed by atoms with Crippen molar-refractivity contribution in [2.45, 2.75) is 19.4 Å². The summed E-state index contributed by atoms with van der Waals surface area (Å²) in [5.74, 6) is 0.781. The van der Waals surface area contributed by atoms with Gasteiger partial charge in [0.05, 0.1) is 18.1 Å². The van der Waals surface area contributed by atoms with Gasteiger partial charge in [-0.2, -0.15) is 0 Å². The number of ketones is 1. The lowest BCUT2D eigenvalue weighted by molar-refractivity contribution is -0.384. The van der Waals surface area contributed by atoms with Gasteiger partial charge in [-0.1, -0.05) is 12.1 Å². The normalized spacial score (nSPS) is 11.6. The molecule has 0 fully saturated rings. The first-order chi connectivity index (χ1) is 11.0. The molecular weight excluding hydrogens is 296 g/mol. The maximum atomic E-state index is 11.5. The van der Waals surface area contributed by atoms with Crippen LogP contribution in [0.1, 0.15) is 24.9 Å². The number of nitrogens with zero attached hydrogens (tertiary/aromatic N) is 1. The number of hydrogen-bond acceptors (Lipinski definition) is 5. The summed E-state index contributed by atoms with van der Waals surface area (Å²) in [5, 5.41) is 14.0. The van der Waals surface area contributed by atoms with Crippen molar-refractivity contribution in [2.24, 2.45) is 0 Å². The number of Topliss-reactive ketones (excluding diaryl/α,β-unsaturated/α-hetero) is 1. The molecular formula is C17H18N2O4. The van der Waals surface area contributed by atoms with Gasteiger partial charge in [-0.25, -0.2) is 0 Å². The van der Waals surface area contributed by atoms with E-state index in [-0.39, 0.29) is 17.5 Å². The van der Waals surface area contributed by atoms with Crippen molar-refractivity contribution in [1.29, 1.82) is 0 Å². The Hall–Kier alpha value is -2.89. The molecule has 0 bridgehead atoms. The molecule has 1 unspecified atom stereocenters. The van der Waals surface area contributed by atoms with E-state index in [4.69, 9.17) is 4.74 Å². The molecule has 0 spiro atoms. The topological polar surface area (TPSA) is 81.5 Å². The maximum absolute atomic E-state index is 11.5. The van der Waals surface area contributed by atoms with Gasteiger partial charge in [0.1, 0.15) is 11.5 Å². The average Bonchev–Trinajstić information content (AvgIpc) is 2.54. The number of carbonyl (C=O) groups is 1. The van der Waals surface area contributed by atoms with Crippen molar-refractivity contribution in [2.75, 3.05) is 12.4 Å². The third-order valence-electron chi connectivity index (χ3n) is 3.43. The van der Waals surface area contributed by atoms with Crippen LogP contribution in [-0.2, 0) is 4.79 Å². The van der Waals surface area contributed by atoms with Crippen molar-refractivity contribution in [3.05, 3.63) is 64.2 Å². The number of anilines is 1. The fraction of sp³-hybridized carbons (Fsp3) is 0.235. The third kappa shape index (κ3) is 4.54. The Labute approximate surface area is 134 Å². The second-order valence-corrected chi connectivity index (χ2v) is 5.18. The molecule has 0 aromatic heterocycles. The van der Waals surface area contributed by atoms with Crippen molar-refractivity contribution in [1.82, 2.24) is 0 Å². The zero-order chi connectivity index (χ0) is 16.8. The first-order valence-corrected chi connectivity index (χ1v) is 7.14. The number of nitro groups is 1. The summed E-state index contributed by atoms with van der Waals surface area (Å²) in [6.07, 6.45) is 0.295. The molecule has 2 rings (SSSR count). The number of benzene rings is 2. The molecule has 0 saturated carbocycles. The summed E-state index contributed by atoms with van der Waals surface area (Å²) in [5.41, 5.74) is 1.69. The molecule has 0 radical (unpaired) electrons. The number of nitro benzene ring substituents is 1. The first kappa shape index (κ1) is 16.5. The van der Waals surface area contributed by atoms with Crippen LogP contribution in [0.15, 0.2) is 48.5 Å². The Kier molecular flexibility index (Phi) is 5.30. The number of ether oxygens (including phenoxy) is 1. The van der Waals surface area contributed by atoms with Gasteiger partial charge in [0.15, 0.2) is 0 Å². The standard InChI is InChI=1S/C17H18N2O4/c1-12(20)11-17(13-3-7-15(8-4-13)19(21)22)18-14-5-9-16(23-2)10-6-14/h3-10,17-18H,11H2,1-2H3. The van der Waals surface area contributed by atoms with Gasteiger partial charge >= 0.3 is 0 Å². The van der Waals surface area contributed by atoms with Crippen LogP contribution in [0.25, 0.3) is 0 Å². The monoisotopic (exact) mass is 314 g/mol. The Morgan fingerprint density at radius 2 is 1.78 bits per heavy atom. The van der Waals surface area contributed by atoms with Gasteiger partial charge < -0.3 is 10.1 Å². The molecule has 0 amide bonds. The highest BCUT2D eigenvalue weighted by molar-refractivity contribution is 5.77. The highest BCUT2D eigenvalue weighted by atomic mass is 16.6. The summed E-state index contributed by atoms with van der Waals surface area (Å²) in [6, 6.07) is 13.3. The Balaban J connectivity index is 2.21. The summed E-state index contributed by atoms with van der Waals surface area (Å²) in [4.78, 5) is 21.8. The Morgan fingerprint density at radius 3 is 2.26 bits per heavy atom. The van der Waals surface area contributed by atoms with Crippen molar-refractivity contribution >= 4 is 17.2 Å². The van der Waals surface area contributed by atoms with Crippen LogP contribution in [0.5, 0.6) is 5.75 Å². The lowest BCUT2D eigenvalue weighted by atomic mass is 10.0. The second kappa shape index (κ2) is 7.40. The molecule has 0 aliphatic carbocycles. The lowest BCUT2D eigenvalue weighted by Crippen LogP contribution is -2.14. The smallest absolute Gasteiger partial charge is 0.269 e. The molecule has 23 heavy (non-hydrogen) atoms. The van der Waals surface area contributed by atoms with E-state index < -0.39 is 4.92 Å². The molecule has 2 aromatic rings. The Morgan fingerprint density at radius 1 is 1.17 bits per heavy atom. The molecule has 2 aromatic carbocycles. The SMILES string of the molecule is COc1ccc(NC(CC(C)=O)c2ccc([N+](=O)[O-])cc2)cc1. The van der Waals surface area contributed by atoms with E-state index in [0.717, 1.165) is 17.0 Å². The largest absolute Gasteiger partial charge is 0.497 e. The fourth-order valence-corrected chi connectivity index (χ4v) is 2.26. The number of non-ortho nitro benzene ring substituents is 1. The number of hydrogen-bond donors (Lipinski definition) is 1. The second-order valence-electron chi connectivity index (χ2n) is 5.18. The highest BCUT2D eigenvalue weighted by Crippen LogP contribution is 2.26. The van der Waals surface area contributed by atoms with Crippen molar-refractivity contribution in [3.63, 3.8) is 0 Å². The van der Waals surface area contributed by atoms with E-state index in [1.165, 1.54) is 19.1 Å². The summed E-state index contributed by atoms with van der Waals surface area (Å²) in [7, 11) is 1.60. The van der Waals surface area contributed by atoms with Crippen LogP contribution in [0, 0.1) is 10.1 Å². The van der Waals surface area contributed by atoms with Crippen molar-refractivity contribution < 1.29 is 14.5 Å². The van der Waals surface area contributed by atoms with Gasteiger partial charge in [-0.3, -0.25) is 14.9 Å². The molecule has 1 atom stereocenters. The van der Waals surface area contributed by atoms with E-state index in [1.807, 2.05) is 24.3 Å². The van der Waals surface area contributed by atoms with Crippen LogP contribution in [0.4, 0.5) is 11.4 Å². The molecule has 6 heteroatoms. The zero-order valence-electron chi connectivity index (χ0n) is 13.0. The van der Waals surface area contributed by atoms with Gasteiger partial charge in [-0.05, 0) is 36.8 Å². The van der Waals surface area contributed by atoms with E-state index in [2.05, 4.69) is 5.32 Å². The average molecular weight is 314 g/mol. The van der Waals surface area contributed by atoms with Crippen LogP contribution in [0.3, 0.4) is 0 Å². The predicted octanol–water partition coefficient (Wildman–Crippen LogP) is 3.74. The Bertz CT molecular complexity index is 681. The number of rotatable bonds is 7. The fourth-order valence-electron chi connectivity index (χ4n) is 2.26. The summed E-state index contributed by atoms with van der Waals surface area (Å²) in [6.45, 7) is 1.52. The number of nitrogens with one attached hydrogen (secondary N) is 1. The van der Waals surface area contributed by atoms with E-state index in [0.29, 0.717) is 6.42 Å². The molecule has 0 aliphatic heterocycles. The van der Waals surface area contributed by atoms with Gasteiger partial charge in [-0.15, -0.1) is 0 Å². The van der Waals surface area contributed by atoms with Gasteiger partial charge in [0, 0.05) is 24.2 Å².